The maximum Gasteiger partial charge on any atom is 0.343 e. The summed E-state index contributed by atoms with van der Waals surface area (Å²) < 4.78 is 5.22. The fourth-order valence-corrected chi connectivity index (χ4v) is 3.73. The Hall–Kier alpha value is -4.50. The van der Waals surface area contributed by atoms with E-state index in [9.17, 15) is 24.5 Å². The molecule has 35 heavy (non-hydrogen) atoms. The summed E-state index contributed by atoms with van der Waals surface area (Å²) in [6, 6.07) is 16.5. The van der Waals surface area contributed by atoms with Gasteiger partial charge in [-0.05, 0) is 61.9 Å². The number of hydrogen-bond donors (Lipinski definition) is 1. The van der Waals surface area contributed by atoms with E-state index >= 15 is 0 Å². The smallest absolute Gasteiger partial charge is 0.343 e. The monoisotopic (exact) mass is 491 g/mol. The molecule has 10 heteroatoms. The van der Waals surface area contributed by atoms with Gasteiger partial charge in [0, 0.05) is 17.8 Å². The molecule has 9 nitrogen and oxygen atoms in total. The number of nitro groups is 1. The zero-order chi connectivity index (χ0) is 25.3. The third-order valence-electron chi connectivity index (χ3n) is 5.27. The molecule has 0 spiro atoms. The number of ether oxygens (including phenoxy) is 1. The van der Waals surface area contributed by atoms with Gasteiger partial charge < -0.3 is 10.1 Å². The summed E-state index contributed by atoms with van der Waals surface area (Å²) in [5, 5.41) is 13.3. The van der Waals surface area contributed by atoms with Crippen molar-refractivity contribution in [3.8, 4) is 5.75 Å². The first kappa shape index (κ1) is 23.7. The summed E-state index contributed by atoms with van der Waals surface area (Å²) in [6.07, 6.45) is 0. The number of halogens is 1. The minimum Gasteiger partial charge on any atom is -0.423 e. The zero-order valence-corrected chi connectivity index (χ0v) is 19.3. The number of carbonyl (C=O) groups is 3. The van der Waals surface area contributed by atoms with E-state index in [4.69, 9.17) is 16.3 Å². The van der Waals surface area contributed by atoms with Crippen LogP contribution in [0.25, 0.3) is 0 Å². The van der Waals surface area contributed by atoms with Gasteiger partial charge in [0.25, 0.3) is 17.5 Å². The molecule has 3 aromatic rings. The maximum absolute atomic E-state index is 13.0. The van der Waals surface area contributed by atoms with Gasteiger partial charge in [-0.25, -0.2) is 9.69 Å². The molecule has 2 amide bonds. The SMILES string of the molecule is Cc1ccc(N2C(=O)C(Cl)=C(Nc3ccc(C(=O)Oc4ccc([N+](=O)[O-])cc4)cc3)C2=O)c(C)c1. The first-order valence-corrected chi connectivity index (χ1v) is 10.7. The average Bonchev–Trinajstić information content (AvgIpc) is 3.03. The molecular formula is C25H18ClN3O6. The fourth-order valence-electron chi connectivity index (χ4n) is 3.52. The van der Waals surface area contributed by atoms with Gasteiger partial charge in [0.1, 0.15) is 16.5 Å². The summed E-state index contributed by atoms with van der Waals surface area (Å²) >= 11 is 6.19. The lowest BCUT2D eigenvalue weighted by molar-refractivity contribution is -0.384. The molecule has 0 saturated heterocycles. The Labute approximate surface area is 204 Å². The summed E-state index contributed by atoms with van der Waals surface area (Å²) in [6.45, 7) is 3.71. The van der Waals surface area contributed by atoms with Crippen LogP contribution in [0.4, 0.5) is 17.1 Å². The van der Waals surface area contributed by atoms with Gasteiger partial charge >= 0.3 is 5.97 Å². The van der Waals surface area contributed by atoms with Gasteiger partial charge in [0.2, 0.25) is 0 Å². The van der Waals surface area contributed by atoms with Gasteiger partial charge in [-0.3, -0.25) is 19.7 Å². The summed E-state index contributed by atoms with van der Waals surface area (Å²) in [7, 11) is 0. The van der Waals surface area contributed by atoms with Crippen molar-refractivity contribution in [2.45, 2.75) is 13.8 Å². The van der Waals surface area contributed by atoms with E-state index < -0.39 is 22.7 Å². The molecule has 0 saturated carbocycles. The molecule has 3 aromatic carbocycles. The first-order valence-electron chi connectivity index (χ1n) is 10.3. The number of hydrogen-bond acceptors (Lipinski definition) is 7. The van der Waals surface area contributed by atoms with Gasteiger partial charge in [0.15, 0.2) is 0 Å². The molecule has 0 aromatic heterocycles. The van der Waals surface area contributed by atoms with Crippen LogP contribution in [0, 0.1) is 24.0 Å². The van der Waals surface area contributed by atoms with Gasteiger partial charge in [0.05, 0.1) is 16.2 Å². The highest BCUT2D eigenvalue weighted by Gasteiger charge is 2.39. The van der Waals surface area contributed by atoms with Crippen molar-refractivity contribution in [1.82, 2.24) is 0 Å². The second-order valence-electron chi connectivity index (χ2n) is 7.77. The number of nitrogens with one attached hydrogen (secondary N) is 1. The van der Waals surface area contributed by atoms with Crippen LogP contribution in [-0.2, 0) is 9.59 Å². The van der Waals surface area contributed by atoms with Gasteiger partial charge in [-0.1, -0.05) is 29.3 Å². The van der Waals surface area contributed by atoms with E-state index in [1.165, 1.54) is 48.5 Å². The van der Waals surface area contributed by atoms with Crippen molar-refractivity contribution in [1.29, 1.82) is 0 Å². The van der Waals surface area contributed by atoms with Crippen molar-refractivity contribution in [3.05, 3.63) is 104 Å². The number of benzene rings is 3. The molecule has 0 radical (unpaired) electrons. The first-order chi connectivity index (χ1) is 16.7. The molecule has 0 aliphatic carbocycles. The highest BCUT2D eigenvalue weighted by Crippen LogP contribution is 2.32. The molecule has 1 N–H and O–H groups in total. The minimum atomic E-state index is -0.671. The molecule has 1 aliphatic heterocycles. The standard InChI is InChI=1S/C25H18ClN3O6/c1-14-3-12-20(15(2)13-14)28-23(30)21(26)22(24(28)31)27-17-6-4-16(5-7-17)25(32)35-19-10-8-18(9-11-19)29(33)34/h3-13,27H,1-2H3. The van der Waals surface area contributed by atoms with Crippen LogP contribution < -0.4 is 15.0 Å². The van der Waals surface area contributed by atoms with Crippen molar-refractivity contribution < 1.29 is 24.0 Å². The van der Waals surface area contributed by atoms with Crippen LogP contribution in [0.1, 0.15) is 21.5 Å². The van der Waals surface area contributed by atoms with Crippen molar-refractivity contribution >= 4 is 46.4 Å². The summed E-state index contributed by atoms with van der Waals surface area (Å²) in [5.41, 5.74) is 2.64. The predicted molar refractivity (Wildman–Crippen MR) is 129 cm³/mol. The molecule has 4 rings (SSSR count). The van der Waals surface area contributed by atoms with Crippen molar-refractivity contribution in [3.63, 3.8) is 0 Å². The van der Waals surface area contributed by atoms with Crippen LogP contribution in [0.3, 0.4) is 0 Å². The number of rotatable bonds is 6. The number of nitrogens with zero attached hydrogens (tertiary/aromatic N) is 2. The Morgan fingerprint density at radius 1 is 0.971 bits per heavy atom. The van der Waals surface area contributed by atoms with Crippen molar-refractivity contribution in [2.75, 3.05) is 10.2 Å². The number of nitro benzene ring substituents is 1. The maximum atomic E-state index is 13.0. The van der Waals surface area contributed by atoms with E-state index in [1.54, 1.807) is 19.1 Å². The lowest BCUT2D eigenvalue weighted by Crippen LogP contribution is -2.32. The number of non-ortho nitro benzene ring substituents is 1. The normalized spacial score (nSPS) is 13.3. The summed E-state index contributed by atoms with van der Waals surface area (Å²) in [4.78, 5) is 49.3. The van der Waals surface area contributed by atoms with Crippen LogP contribution in [-0.4, -0.2) is 22.7 Å². The molecule has 0 fully saturated rings. The Kier molecular flexibility index (Phi) is 6.35. The molecule has 176 valence electrons. The second-order valence-corrected chi connectivity index (χ2v) is 8.15. The molecule has 0 unspecified atom stereocenters. The Bertz CT molecular complexity index is 1400. The van der Waals surface area contributed by atoms with Crippen LogP contribution in [0.15, 0.2) is 77.5 Å². The van der Waals surface area contributed by atoms with Crippen LogP contribution in [0.2, 0.25) is 0 Å². The van der Waals surface area contributed by atoms with Crippen LogP contribution in [0.5, 0.6) is 5.75 Å². The quantitative estimate of drug-likeness (QED) is 0.172. The van der Waals surface area contributed by atoms with E-state index in [2.05, 4.69) is 5.32 Å². The third-order valence-corrected chi connectivity index (χ3v) is 5.62. The Morgan fingerprint density at radius 2 is 1.63 bits per heavy atom. The number of amides is 2. The van der Waals surface area contributed by atoms with E-state index in [1.807, 2.05) is 13.0 Å². The average molecular weight is 492 g/mol. The van der Waals surface area contributed by atoms with Gasteiger partial charge in [-0.2, -0.15) is 0 Å². The molecule has 0 bridgehead atoms. The Balaban J connectivity index is 1.47. The number of carbonyl (C=O) groups excluding carboxylic acids is 3. The second kappa shape index (κ2) is 9.40. The lowest BCUT2D eigenvalue weighted by atomic mass is 10.1. The van der Waals surface area contributed by atoms with Gasteiger partial charge in [-0.15, -0.1) is 0 Å². The van der Waals surface area contributed by atoms with E-state index in [-0.39, 0.29) is 27.7 Å². The zero-order valence-electron chi connectivity index (χ0n) is 18.6. The van der Waals surface area contributed by atoms with E-state index in [0.717, 1.165) is 16.0 Å². The number of aryl methyl sites for hydroxylation is 2. The third kappa shape index (κ3) is 4.75. The number of esters is 1. The number of anilines is 2. The summed E-state index contributed by atoms with van der Waals surface area (Å²) in [5.74, 6) is -1.74. The lowest BCUT2D eigenvalue weighted by Gasteiger charge is -2.18. The van der Waals surface area contributed by atoms with Crippen molar-refractivity contribution in [2.24, 2.45) is 0 Å². The predicted octanol–water partition coefficient (Wildman–Crippen LogP) is 4.87. The largest absolute Gasteiger partial charge is 0.423 e. The molecule has 1 aliphatic rings. The fraction of sp³-hybridized carbons (Fsp3) is 0.0800. The molecule has 0 atom stereocenters. The minimum absolute atomic E-state index is 0.0714. The molecular weight excluding hydrogens is 474 g/mol. The topological polar surface area (TPSA) is 119 Å². The highest BCUT2D eigenvalue weighted by molar-refractivity contribution is 6.53. The number of imide groups is 1. The molecule has 1 heterocycles. The van der Waals surface area contributed by atoms with Crippen LogP contribution >= 0.6 is 11.6 Å². The van der Waals surface area contributed by atoms with E-state index in [0.29, 0.717) is 11.4 Å². The Morgan fingerprint density at radius 3 is 2.23 bits per heavy atom. The highest BCUT2D eigenvalue weighted by atomic mass is 35.5.